The van der Waals surface area contributed by atoms with Gasteiger partial charge in [0.15, 0.2) is 0 Å². The number of fused-ring (bicyclic) bond motifs is 1. The second-order valence-electron chi connectivity index (χ2n) is 6.05. The third-order valence-electron chi connectivity index (χ3n) is 3.14. The third-order valence-corrected chi connectivity index (χ3v) is 3.14. The first-order chi connectivity index (χ1) is 8.93. The maximum atomic E-state index is 11.7. The summed E-state index contributed by atoms with van der Waals surface area (Å²) < 4.78 is 31.7. The van der Waals surface area contributed by atoms with E-state index in [1.54, 1.807) is 0 Å². The zero-order valence-electron chi connectivity index (χ0n) is 11.5. The molecule has 1 amide bonds. The first kappa shape index (κ1) is 16.7. The van der Waals surface area contributed by atoms with Crippen molar-refractivity contribution in [1.29, 1.82) is 0 Å². The standard InChI is InChI=1S/C10H18N2O.C2HF3O2/c1-10(2,3)12-9(13)8-6-4-11-5-7(6)8;3-2(4,5)1(6)7/h6-8,11H,4-5H2,1-3H3,(H,12,13);(H,6,7)/t6-,7+,8?;. The maximum absolute atomic E-state index is 11.7. The Labute approximate surface area is 114 Å². The van der Waals surface area contributed by atoms with Crippen LogP contribution in [0.4, 0.5) is 13.2 Å². The molecule has 2 rings (SSSR count). The Bertz CT molecular complexity index is 380. The van der Waals surface area contributed by atoms with Gasteiger partial charge in [0, 0.05) is 11.5 Å². The van der Waals surface area contributed by atoms with Gasteiger partial charge in [0.1, 0.15) is 0 Å². The van der Waals surface area contributed by atoms with Crippen LogP contribution in [-0.4, -0.2) is 41.8 Å². The number of rotatable bonds is 1. The van der Waals surface area contributed by atoms with Crippen molar-refractivity contribution >= 4 is 11.9 Å². The smallest absolute Gasteiger partial charge is 0.475 e. The lowest BCUT2D eigenvalue weighted by molar-refractivity contribution is -0.192. The molecule has 116 valence electrons. The summed E-state index contributed by atoms with van der Waals surface area (Å²) in [5.41, 5.74) is -0.0819. The Hall–Kier alpha value is -1.31. The van der Waals surface area contributed by atoms with Crippen LogP contribution < -0.4 is 10.6 Å². The van der Waals surface area contributed by atoms with Crippen LogP contribution in [0.1, 0.15) is 20.8 Å². The number of hydrogen-bond acceptors (Lipinski definition) is 3. The number of halogens is 3. The van der Waals surface area contributed by atoms with Gasteiger partial charge in [0.2, 0.25) is 5.91 Å². The van der Waals surface area contributed by atoms with Crippen molar-refractivity contribution in [1.82, 2.24) is 10.6 Å². The minimum absolute atomic E-state index is 0.0819. The second-order valence-corrected chi connectivity index (χ2v) is 6.05. The number of piperidine rings is 1. The molecule has 3 atom stereocenters. The zero-order chi connectivity index (χ0) is 15.7. The van der Waals surface area contributed by atoms with Gasteiger partial charge < -0.3 is 15.7 Å². The number of hydrogen-bond donors (Lipinski definition) is 3. The average molecular weight is 296 g/mol. The van der Waals surface area contributed by atoms with Crippen molar-refractivity contribution in [3.8, 4) is 0 Å². The number of carboxylic acid groups (broad SMARTS) is 1. The third kappa shape index (κ3) is 4.66. The highest BCUT2D eigenvalue weighted by atomic mass is 19.4. The Morgan fingerprint density at radius 1 is 1.15 bits per heavy atom. The highest BCUT2D eigenvalue weighted by Gasteiger charge is 2.57. The predicted octanol–water partition coefficient (Wildman–Crippen LogP) is 1.000. The summed E-state index contributed by atoms with van der Waals surface area (Å²) in [6, 6.07) is 0. The largest absolute Gasteiger partial charge is 0.490 e. The molecule has 3 N–H and O–H groups in total. The number of aliphatic carboxylic acids is 1. The van der Waals surface area contributed by atoms with E-state index in [4.69, 9.17) is 9.90 Å². The molecule has 0 radical (unpaired) electrons. The Kier molecular flexibility index (Phi) is 4.68. The number of alkyl halides is 3. The van der Waals surface area contributed by atoms with Gasteiger partial charge in [-0.1, -0.05) is 0 Å². The predicted molar refractivity (Wildman–Crippen MR) is 64.9 cm³/mol. The van der Waals surface area contributed by atoms with E-state index in [0.717, 1.165) is 13.1 Å². The highest BCUT2D eigenvalue weighted by Crippen LogP contribution is 2.48. The quantitative estimate of drug-likeness (QED) is 0.674. The van der Waals surface area contributed by atoms with Crippen LogP contribution in [0.3, 0.4) is 0 Å². The summed E-state index contributed by atoms with van der Waals surface area (Å²) in [5, 5.41) is 13.5. The summed E-state index contributed by atoms with van der Waals surface area (Å²) in [4.78, 5) is 20.6. The molecule has 0 spiro atoms. The monoisotopic (exact) mass is 296 g/mol. The van der Waals surface area contributed by atoms with Crippen molar-refractivity contribution in [3.63, 3.8) is 0 Å². The van der Waals surface area contributed by atoms with Crippen molar-refractivity contribution < 1.29 is 27.9 Å². The molecule has 1 aliphatic heterocycles. The summed E-state index contributed by atoms with van der Waals surface area (Å²) in [6.07, 6.45) is -5.08. The van der Waals surface area contributed by atoms with Gasteiger partial charge in [0.25, 0.3) is 0 Å². The van der Waals surface area contributed by atoms with Gasteiger partial charge in [-0.3, -0.25) is 4.79 Å². The van der Waals surface area contributed by atoms with Crippen LogP contribution >= 0.6 is 0 Å². The molecular weight excluding hydrogens is 277 g/mol. The van der Waals surface area contributed by atoms with E-state index in [1.807, 2.05) is 20.8 Å². The van der Waals surface area contributed by atoms with Gasteiger partial charge in [-0.2, -0.15) is 13.2 Å². The van der Waals surface area contributed by atoms with Crippen molar-refractivity contribution in [2.24, 2.45) is 17.8 Å². The lowest BCUT2D eigenvalue weighted by Crippen LogP contribution is -2.42. The summed E-state index contributed by atoms with van der Waals surface area (Å²) >= 11 is 0. The molecule has 0 bridgehead atoms. The minimum atomic E-state index is -5.08. The number of amides is 1. The number of carbonyl (C=O) groups excluding carboxylic acids is 1. The lowest BCUT2D eigenvalue weighted by Gasteiger charge is -2.21. The first-order valence-electron chi connectivity index (χ1n) is 6.26. The average Bonchev–Trinajstić information content (AvgIpc) is 2.71. The van der Waals surface area contributed by atoms with E-state index >= 15 is 0 Å². The number of carboxylic acids is 1. The fourth-order valence-electron chi connectivity index (χ4n) is 2.26. The van der Waals surface area contributed by atoms with Crippen LogP contribution in [0.2, 0.25) is 0 Å². The van der Waals surface area contributed by atoms with Gasteiger partial charge in [-0.25, -0.2) is 4.79 Å². The van der Waals surface area contributed by atoms with E-state index in [2.05, 4.69) is 10.6 Å². The van der Waals surface area contributed by atoms with Crippen LogP contribution in [0.5, 0.6) is 0 Å². The Morgan fingerprint density at radius 2 is 1.55 bits per heavy atom. The second kappa shape index (κ2) is 5.59. The van der Waals surface area contributed by atoms with E-state index < -0.39 is 12.1 Å². The molecule has 1 saturated heterocycles. The van der Waals surface area contributed by atoms with Crippen molar-refractivity contribution in [2.45, 2.75) is 32.5 Å². The minimum Gasteiger partial charge on any atom is -0.475 e. The van der Waals surface area contributed by atoms with Crippen molar-refractivity contribution in [3.05, 3.63) is 0 Å². The molecule has 0 aromatic rings. The SMILES string of the molecule is CC(C)(C)NC(=O)C1[C@H]2CNC[C@@H]12.O=C(O)C(F)(F)F. The van der Waals surface area contributed by atoms with E-state index in [9.17, 15) is 18.0 Å². The van der Waals surface area contributed by atoms with Gasteiger partial charge in [-0.05, 0) is 45.7 Å². The van der Waals surface area contributed by atoms with Gasteiger partial charge in [0.05, 0.1) is 0 Å². The molecule has 2 aliphatic rings. The lowest BCUT2D eigenvalue weighted by atomic mass is 10.1. The van der Waals surface area contributed by atoms with Crippen LogP contribution in [0, 0.1) is 17.8 Å². The van der Waals surface area contributed by atoms with E-state index in [1.165, 1.54) is 0 Å². The summed E-state index contributed by atoms with van der Waals surface area (Å²) in [7, 11) is 0. The molecule has 5 nitrogen and oxygen atoms in total. The van der Waals surface area contributed by atoms with E-state index in [-0.39, 0.29) is 11.4 Å². The first-order valence-corrected chi connectivity index (χ1v) is 6.26. The highest BCUT2D eigenvalue weighted by molar-refractivity contribution is 5.83. The molecule has 0 aromatic carbocycles. The van der Waals surface area contributed by atoms with Crippen LogP contribution in [0.25, 0.3) is 0 Å². The number of nitrogens with one attached hydrogen (secondary N) is 2. The molecular formula is C12H19F3N2O3. The normalized spacial score (nSPS) is 28.0. The molecule has 0 aromatic heterocycles. The molecule has 1 aliphatic carbocycles. The molecule has 8 heteroatoms. The Balaban J connectivity index is 0.000000246. The van der Waals surface area contributed by atoms with Crippen LogP contribution in [-0.2, 0) is 9.59 Å². The molecule has 1 unspecified atom stereocenters. The summed E-state index contributed by atoms with van der Waals surface area (Å²) in [5.74, 6) is -0.943. The number of carbonyl (C=O) groups is 2. The molecule has 2 fully saturated rings. The van der Waals surface area contributed by atoms with Crippen LogP contribution in [0.15, 0.2) is 0 Å². The van der Waals surface area contributed by atoms with E-state index in [0.29, 0.717) is 17.8 Å². The maximum Gasteiger partial charge on any atom is 0.490 e. The van der Waals surface area contributed by atoms with Gasteiger partial charge in [-0.15, -0.1) is 0 Å². The zero-order valence-corrected chi connectivity index (χ0v) is 11.5. The molecule has 20 heavy (non-hydrogen) atoms. The fourth-order valence-corrected chi connectivity index (χ4v) is 2.26. The Morgan fingerprint density at radius 3 is 1.85 bits per heavy atom. The molecule has 1 saturated carbocycles. The summed E-state index contributed by atoms with van der Waals surface area (Å²) in [6.45, 7) is 8.16. The topological polar surface area (TPSA) is 78.4 Å². The van der Waals surface area contributed by atoms with Crippen molar-refractivity contribution in [2.75, 3.05) is 13.1 Å². The van der Waals surface area contributed by atoms with Gasteiger partial charge >= 0.3 is 12.1 Å². The molecule has 1 heterocycles. The fraction of sp³-hybridized carbons (Fsp3) is 0.833.